The van der Waals surface area contributed by atoms with Gasteiger partial charge in [0.1, 0.15) is 23.7 Å². The van der Waals surface area contributed by atoms with E-state index in [-0.39, 0.29) is 5.41 Å². The molecule has 1 aromatic heterocycles. The van der Waals surface area contributed by atoms with Gasteiger partial charge in [-0.15, -0.1) is 0 Å². The molecule has 2 N–H and O–H groups in total. The number of ether oxygens (including phenoxy) is 1. The van der Waals surface area contributed by atoms with E-state index in [1.54, 1.807) is 26.0 Å². The fraction of sp³-hybridized carbons (Fsp3) is 0.292. The first-order valence-corrected chi connectivity index (χ1v) is 10.0. The number of carbonyl (C=O) groups excluding carboxylic acids is 2. The summed E-state index contributed by atoms with van der Waals surface area (Å²) < 4.78 is 10.8. The molecule has 0 aliphatic rings. The first kappa shape index (κ1) is 22.1. The monoisotopic (exact) mass is 421 g/mol. The average Bonchev–Trinajstić information content (AvgIpc) is 3.08. The predicted molar refractivity (Wildman–Crippen MR) is 117 cm³/mol. The van der Waals surface area contributed by atoms with Crippen molar-refractivity contribution in [1.29, 1.82) is 0 Å². The molecule has 0 aliphatic heterocycles. The van der Waals surface area contributed by atoms with E-state index in [4.69, 9.17) is 9.26 Å². The lowest BCUT2D eigenvalue weighted by atomic mass is 9.87. The molecule has 0 saturated carbocycles. The maximum Gasteiger partial charge on any atom is 0.275 e. The van der Waals surface area contributed by atoms with Gasteiger partial charge < -0.3 is 9.26 Å². The molecule has 2 aromatic carbocycles. The van der Waals surface area contributed by atoms with Gasteiger partial charge in [-0.1, -0.05) is 50.2 Å². The molecule has 7 heteroatoms. The number of aryl methyl sites for hydroxylation is 2. The second-order valence-electron chi connectivity index (χ2n) is 8.37. The van der Waals surface area contributed by atoms with Crippen LogP contribution in [0.4, 0.5) is 0 Å². The molecule has 0 atom stereocenters. The van der Waals surface area contributed by atoms with Crippen molar-refractivity contribution in [2.45, 2.75) is 46.6 Å². The number of nitrogens with zero attached hydrogens (tertiary/aromatic N) is 1. The molecular formula is C24H27N3O4. The molecular weight excluding hydrogens is 394 g/mol. The van der Waals surface area contributed by atoms with Crippen LogP contribution >= 0.6 is 0 Å². The molecule has 3 rings (SSSR count). The Bertz CT molecular complexity index is 1040. The first-order valence-electron chi connectivity index (χ1n) is 10.0. The molecule has 162 valence electrons. The van der Waals surface area contributed by atoms with Gasteiger partial charge in [-0.05, 0) is 54.7 Å². The Balaban J connectivity index is 1.52. The highest BCUT2D eigenvalue weighted by atomic mass is 16.5. The summed E-state index contributed by atoms with van der Waals surface area (Å²) in [6.07, 6.45) is 0. The van der Waals surface area contributed by atoms with E-state index in [1.165, 1.54) is 5.56 Å². The summed E-state index contributed by atoms with van der Waals surface area (Å²) in [5, 5.41) is 3.73. The number of aromatic nitrogens is 1. The number of hydrogen-bond acceptors (Lipinski definition) is 5. The lowest BCUT2D eigenvalue weighted by Gasteiger charge is -2.19. The number of amides is 2. The van der Waals surface area contributed by atoms with Crippen molar-refractivity contribution in [3.8, 4) is 5.75 Å². The molecule has 2 amide bonds. The van der Waals surface area contributed by atoms with Crippen molar-refractivity contribution in [1.82, 2.24) is 16.0 Å². The molecule has 0 radical (unpaired) electrons. The first-order chi connectivity index (χ1) is 14.6. The lowest BCUT2D eigenvalue weighted by molar-refractivity contribution is 0.0845. The highest BCUT2D eigenvalue weighted by Crippen LogP contribution is 2.24. The largest absolute Gasteiger partial charge is 0.489 e. The van der Waals surface area contributed by atoms with Gasteiger partial charge in [-0.25, -0.2) is 0 Å². The van der Waals surface area contributed by atoms with Crippen LogP contribution in [0.25, 0.3) is 0 Å². The summed E-state index contributed by atoms with van der Waals surface area (Å²) in [5.74, 6) is 0.274. The molecule has 0 saturated heterocycles. The zero-order valence-electron chi connectivity index (χ0n) is 18.4. The zero-order valence-corrected chi connectivity index (χ0v) is 18.4. The Hall–Kier alpha value is -3.61. The van der Waals surface area contributed by atoms with Gasteiger partial charge in [0.2, 0.25) is 0 Å². The minimum absolute atomic E-state index is 0.0987. The van der Waals surface area contributed by atoms with Crippen molar-refractivity contribution >= 4 is 11.8 Å². The van der Waals surface area contributed by atoms with E-state index in [0.29, 0.717) is 29.2 Å². The smallest absolute Gasteiger partial charge is 0.275 e. The topological polar surface area (TPSA) is 93.5 Å². The van der Waals surface area contributed by atoms with Crippen molar-refractivity contribution in [3.05, 3.63) is 82.2 Å². The summed E-state index contributed by atoms with van der Waals surface area (Å²) in [6.45, 7) is 10.2. The van der Waals surface area contributed by atoms with Crippen LogP contribution in [0.2, 0.25) is 0 Å². The molecule has 7 nitrogen and oxygen atoms in total. The zero-order chi connectivity index (χ0) is 22.6. The van der Waals surface area contributed by atoms with Gasteiger partial charge in [0.05, 0.1) is 5.69 Å². The Labute approximate surface area is 181 Å². The Morgan fingerprint density at radius 1 is 0.935 bits per heavy atom. The van der Waals surface area contributed by atoms with Crippen LogP contribution < -0.4 is 15.6 Å². The maximum absolute atomic E-state index is 12.3. The minimum atomic E-state index is -0.480. The summed E-state index contributed by atoms with van der Waals surface area (Å²) in [7, 11) is 0. The van der Waals surface area contributed by atoms with Crippen LogP contribution in [-0.2, 0) is 12.0 Å². The van der Waals surface area contributed by atoms with E-state index in [1.807, 2.05) is 24.3 Å². The van der Waals surface area contributed by atoms with Crippen molar-refractivity contribution in [2.75, 3.05) is 0 Å². The molecule has 1 heterocycles. The van der Waals surface area contributed by atoms with Crippen LogP contribution in [0.15, 0.2) is 53.1 Å². The van der Waals surface area contributed by atoms with Crippen molar-refractivity contribution in [3.63, 3.8) is 0 Å². The molecule has 0 aliphatic carbocycles. The van der Waals surface area contributed by atoms with Gasteiger partial charge in [0.15, 0.2) is 0 Å². The summed E-state index contributed by atoms with van der Waals surface area (Å²) in [6, 6.07) is 15.0. The van der Waals surface area contributed by atoms with E-state index in [0.717, 1.165) is 11.3 Å². The molecule has 0 unspecified atom stereocenters. The summed E-state index contributed by atoms with van der Waals surface area (Å²) in [5.41, 5.74) is 8.23. The number of rotatable bonds is 5. The second-order valence-corrected chi connectivity index (χ2v) is 8.37. The molecule has 0 bridgehead atoms. The lowest BCUT2D eigenvalue weighted by Crippen LogP contribution is -2.42. The van der Waals surface area contributed by atoms with E-state index in [2.05, 4.69) is 48.9 Å². The SMILES string of the molecule is Cc1noc(C)c1C(=O)NNC(=O)c1ccc(COc2ccc(C(C)(C)C)cc2)cc1. The fourth-order valence-electron chi connectivity index (χ4n) is 3.03. The fourth-order valence-corrected chi connectivity index (χ4v) is 3.03. The third-order valence-electron chi connectivity index (χ3n) is 4.89. The minimum Gasteiger partial charge on any atom is -0.489 e. The maximum atomic E-state index is 12.3. The highest BCUT2D eigenvalue weighted by molar-refractivity contribution is 6.00. The number of benzene rings is 2. The van der Waals surface area contributed by atoms with Gasteiger partial charge in [0, 0.05) is 5.56 Å². The van der Waals surface area contributed by atoms with Crippen LogP contribution in [0.5, 0.6) is 5.75 Å². The van der Waals surface area contributed by atoms with E-state index < -0.39 is 11.8 Å². The van der Waals surface area contributed by atoms with Crippen LogP contribution in [0.3, 0.4) is 0 Å². The molecule has 3 aromatic rings. The Morgan fingerprint density at radius 2 is 1.55 bits per heavy atom. The number of hydrogen-bond donors (Lipinski definition) is 2. The van der Waals surface area contributed by atoms with Crippen LogP contribution in [0.1, 0.15) is 64.1 Å². The summed E-state index contributed by atoms with van der Waals surface area (Å²) in [4.78, 5) is 24.5. The third-order valence-corrected chi connectivity index (χ3v) is 4.89. The van der Waals surface area contributed by atoms with Gasteiger partial charge in [-0.3, -0.25) is 20.4 Å². The second kappa shape index (κ2) is 9.04. The normalized spacial score (nSPS) is 11.1. The Kier molecular flexibility index (Phi) is 6.44. The molecule has 31 heavy (non-hydrogen) atoms. The third kappa shape index (κ3) is 5.51. The van der Waals surface area contributed by atoms with Crippen LogP contribution in [0, 0.1) is 13.8 Å². The van der Waals surface area contributed by atoms with Gasteiger partial charge >= 0.3 is 0 Å². The molecule has 0 spiro atoms. The van der Waals surface area contributed by atoms with Crippen LogP contribution in [-0.4, -0.2) is 17.0 Å². The summed E-state index contributed by atoms with van der Waals surface area (Å²) >= 11 is 0. The van der Waals surface area contributed by atoms with Crippen molar-refractivity contribution < 1.29 is 18.8 Å². The highest BCUT2D eigenvalue weighted by Gasteiger charge is 2.18. The average molecular weight is 421 g/mol. The standard InChI is InChI=1S/C24H27N3O4/c1-15-21(16(2)31-27-15)23(29)26-25-22(28)18-8-6-17(7-9-18)14-30-20-12-10-19(11-13-20)24(3,4)5/h6-13H,14H2,1-5H3,(H,25,28)(H,26,29). The number of carbonyl (C=O) groups is 2. The van der Waals surface area contributed by atoms with Crippen molar-refractivity contribution in [2.24, 2.45) is 0 Å². The van der Waals surface area contributed by atoms with Gasteiger partial charge in [-0.2, -0.15) is 0 Å². The number of nitrogens with one attached hydrogen (secondary N) is 2. The number of hydrazine groups is 1. The molecule has 0 fully saturated rings. The van der Waals surface area contributed by atoms with Gasteiger partial charge in [0.25, 0.3) is 11.8 Å². The van der Waals surface area contributed by atoms with E-state index in [9.17, 15) is 9.59 Å². The predicted octanol–water partition coefficient (Wildman–Crippen LogP) is 4.24. The Morgan fingerprint density at radius 3 is 2.10 bits per heavy atom. The van der Waals surface area contributed by atoms with E-state index >= 15 is 0 Å². The quantitative estimate of drug-likeness (QED) is 0.601.